The van der Waals surface area contributed by atoms with E-state index in [1.807, 2.05) is 6.92 Å². The molecule has 0 heterocycles. The lowest BCUT2D eigenvalue weighted by molar-refractivity contribution is -0.148. The molecule has 2 atom stereocenters. The Balaban J connectivity index is 2.37. The van der Waals surface area contributed by atoms with Gasteiger partial charge < -0.3 is 20.1 Å². The number of carbonyl (C=O) groups is 1. The molecule has 1 fully saturated rings. The van der Waals surface area contributed by atoms with Gasteiger partial charge in [0.1, 0.15) is 5.54 Å². The number of rotatable bonds is 8. The molecule has 5 nitrogen and oxygen atoms in total. The third-order valence-corrected chi connectivity index (χ3v) is 4.12. The molecule has 0 spiro atoms. The Morgan fingerprint density at radius 1 is 1.47 bits per heavy atom. The summed E-state index contributed by atoms with van der Waals surface area (Å²) in [5, 5.41) is 0. The quantitative estimate of drug-likeness (QED) is 0.528. The smallest absolute Gasteiger partial charge is 0.326 e. The van der Waals surface area contributed by atoms with Crippen molar-refractivity contribution in [1.29, 1.82) is 0 Å². The maximum atomic E-state index is 11.8. The molecular weight excluding hydrogens is 244 g/mol. The molecule has 19 heavy (non-hydrogen) atoms. The summed E-state index contributed by atoms with van der Waals surface area (Å²) in [6.45, 7) is 5.36. The molecule has 1 rings (SSSR count). The summed E-state index contributed by atoms with van der Waals surface area (Å²) < 4.78 is 10.2. The molecule has 0 radical (unpaired) electrons. The van der Waals surface area contributed by atoms with Crippen LogP contribution in [0, 0.1) is 5.92 Å². The number of ether oxygens (including phenoxy) is 2. The van der Waals surface area contributed by atoms with Crippen LogP contribution in [0.3, 0.4) is 0 Å². The lowest BCUT2D eigenvalue weighted by Crippen LogP contribution is -2.52. The molecule has 1 aliphatic carbocycles. The minimum Gasteiger partial charge on any atom is -0.468 e. The molecule has 5 heteroatoms. The van der Waals surface area contributed by atoms with E-state index in [-0.39, 0.29) is 11.9 Å². The van der Waals surface area contributed by atoms with Gasteiger partial charge in [0.05, 0.1) is 13.7 Å². The van der Waals surface area contributed by atoms with E-state index >= 15 is 0 Å². The molecule has 0 aromatic carbocycles. The number of methoxy groups -OCH3 is 1. The van der Waals surface area contributed by atoms with Crippen LogP contribution in [0.2, 0.25) is 0 Å². The SMILES string of the molecule is CCOCCN(C)CCC1CCCC1(N)C(=O)OC. The van der Waals surface area contributed by atoms with Crippen molar-refractivity contribution >= 4 is 5.97 Å². The normalized spacial score (nSPS) is 26.9. The molecule has 0 saturated heterocycles. The fourth-order valence-corrected chi connectivity index (χ4v) is 2.82. The lowest BCUT2D eigenvalue weighted by atomic mass is 9.85. The van der Waals surface area contributed by atoms with Crippen LogP contribution in [0.15, 0.2) is 0 Å². The van der Waals surface area contributed by atoms with Crippen molar-refractivity contribution in [3.63, 3.8) is 0 Å². The van der Waals surface area contributed by atoms with Crippen LogP contribution in [-0.4, -0.2) is 56.9 Å². The monoisotopic (exact) mass is 272 g/mol. The predicted octanol–water partition coefficient (Wildman–Crippen LogP) is 1.02. The van der Waals surface area contributed by atoms with Crippen molar-refractivity contribution in [3.05, 3.63) is 0 Å². The van der Waals surface area contributed by atoms with Gasteiger partial charge in [-0.05, 0) is 45.7 Å². The van der Waals surface area contributed by atoms with Crippen LogP contribution in [0.4, 0.5) is 0 Å². The zero-order valence-electron chi connectivity index (χ0n) is 12.5. The average Bonchev–Trinajstić information content (AvgIpc) is 2.78. The van der Waals surface area contributed by atoms with Gasteiger partial charge in [0.2, 0.25) is 0 Å². The van der Waals surface area contributed by atoms with Crippen molar-refractivity contribution in [3.8, 4) is 0 Å². The highest BCUT2D eigenvalue weighted by Crippen LogP contribution is 2.36. The minimum absolute atomic E-state index is 0.231. The standard InChI is InChI=1S/C14H28N2O3/c1-4-19-11-10-16(2)9-7-12-6-5-8-14(12,15)13(17)18-3/h12H,4-11,15H2,1-3H3. The topological polar surface area (TPSA) is 64.8 Å². The maximum Gasteiger partial charge on any atom is 0.326 e. The summed E-state index contributed by atoms with van der Waals surface area (Å²) in [5.74, 6) is -0.0264. The Kier molecular flexibility index (Phi) is 6.75. The summed E-state index contributed by atoms with van der Waals surface area (Å²) in [6.07, 6.45) is 3.71. The van der Waals surface area contributed by atoms with Gasteiger partial charge in [0.15, 0.2) is 0 Å². The lowest BCUT2D eigenvalue weighted by Gasteiger charge is -2.29. The number of nitrogens with two attached hydrogens (primary N) is 1. The van der Waals surface area contributed by atoms with Gasteiger partial charge in [0, 0.05) is 13.2 Å². The van der Waals surface area contributed by atoms with Gasteiger partial charge in [-0.15, -0.1) is 0 Å². The Bertz CT molecular complexity index is 286. The van der Waals surface area contributed by atoms with Crippen molar-refractivity contribution in [1.82, 2.24) is 4.90 Å². The molecule has 0 aromatic heterocycles. The van der Waals surface area contributed by atoms with Crippen LogP contribution >= 0.6 is 0 Å². The number of hydrogen-bond donors (Lipinski definition) is 1. The zero-order valence-corrected chi connectivity index (χ0v) is 12.5. The third kappa shape index (κ3) is 4.44. The van der Waals surface area contributed by atoms with Gasteiger partial charge in [-0.1, -0.05) is 6.42 Å². The molecule has 0 aromatic rings. The van der Waals surface area contributed by atoms with E-state index < -0.39 is 5.54 Å². The average molecular weight is 272 g/mol. The first-order valence-corrected chi connectivity index (χ1v) is 7.18. The molecular formula is C14H28N2O3. The molecule has 0 aliphatic heterocycles. The summed E-state index contributed by atoms with van der Waals surface area (Å²) in [6, 6.07) is 0. The van der Waals surface area contributed by atoms with E-state index in [1.54, 1.807) is 0 Å². The van der Waals surface area contributed by atoms with E-state index in [1.165, 1.54) is 7.11 Å². The number of carbonyl (C=O) groups excluding carboxylic acids is 1. The summed E-state index contributed by atoms with van der Waals surface area (Å²) in [7, 11) is 3.49. The van der Waals surface area contributed by atoms with Crippen molar-refractivity contribution in [2.45, 2.75) is 38.1 Å². The highest BCUT2D eigenvalue weighted by atomic mass is 16.5. The highest BCUT2D eigenvalue weighted by Gasteiger charge is 2.46. The summed E-state index contributed by atoms with van der Waals surface area (Å²) in [4.78, 5) is 14.0. The van der Waals surface area contributed by atoms with Gasteiger partial charge >= 0.3 is 5.97 Å². The molecule has 2 N–H and O–H groups in total. The van der Waals surface area contributed by atoms with Crippen LogP contribution in [0.25, 0.3) is 0 Å². The third-order valence-electron chi connectivity index (χ3n) is 4.12. The number of likely N-dealkylation sites (N-methyl/N-ethyl adjacent to an activating group) is 1. The second-order valence-electron chi connectivity index (χ2n) is 5.41. The van der Waals surface area contributed by atoms with E-state index in [4.69, 9.17) is 15.2 Å². The zero-order chi connectivity index (χ0) is 14.3. The Morgan fingerprint density at radius 2 is 2.21 bits per heavy atom. The Morgan fingerprint density at radius 3 is 2.84 bits per heavy atom. The van der Waals surface area contributed by atoms with Gasteiger partial charge in [-0.2, -0.15) is 0 Å². The molecule has 0 bridgehead atoms. The van der Waals surface area contributed by atoms with Gasteiger partial charge in [-0.25, -0.2) is 0 Å². The largest absolute Gasteiger partial charge is 0.468 e. The molecule has 1 aliphatic rings. The number of esters is 1. The second kappa shape index (κ2) is 7.82. The van der Waals surface area contributed by atoms with E-state index in [9.17, 15) is 4.79 Å². The predicted molar refractivity (Wildman–Crippen MR) is 74.9 cm³/mol. The second-order valence-corrected chi connectivity index (χ2v) is 5.41. The molecule has 2 unspecified atom stereocenters. The Labute approximate surface area is 116 Å². The van der Waals surface area contributed by atoms with Crippen LogP contribution in [0.1, 0.15) is 32.6 Å². The number of nitrogens with zero attached hydrogens (tertiary/aromatic N) is 1. The highest BCUT2D eigenvalue weighted by molar-refractivity contribution is 5.81. The fraction of sp³-hybridized carbons (Fsp3) is 0.929. The fourth-order valence-electron chi connectivity index (χ4n) is 2.82. The Hall–Kier alpha value is -0.650. The molecule has 1 saturated carbocycles. The van der Waals surface area contributed by atoms with E-state index in [0.29, 0.717) is 0 Å². The van der Waals surface area contributed by atoms with Crippen LogP contribution in [-0.2, 0) is 14.3 Å². The first-order chi connectivity index (χ1) is 9.04. The van der Waals surface area contributed by atoms with Crippen molar-refractivity contribution in [2.75, 3.05) is 40.5 Å². The molecule has 0 amide bonds. The molecule has 112 valence electrons. The van der Waals surface area contributed by atoms with Crippen molar-refractivity contribution < 1.29 is 14.3 Å². The first kappa shape index (κ1) is 16.4. The maximum absolute atomic E-state index is 11.8. The summed E-state index contributed by atoms with van der Waals surface area (Å²) in [5.41, 5.74) is 5.48. The minimum atomic E-state index is -0.768. The van der Waals surface area contributed by atoms with Gasteiger partial charge in [0.25, 0.3) is 0 Å². The van der Waals surface area contributed by atoms with Crippen molar-refractivity contribution in [2.24, 2.45) is 11.7 Å². The van der Waals surface area contributed by atoms with Gasteiger partial charge in [-0.3, -0.25) is 4.79 Å². The summed E-state index contributed by atoms with van der Waals surface area (Å²) >= 11 is 0. The first-order valence-electron chi connectivity index (χ1n) is 7.18. The van der Waals surface area contributed by atoms with Crippen LogP contribution < -0.4 is 5.73 Å². The van der Waals surface area contributed by atoms with Crippen LogP contribution in [0.5, 0.6) is 0 Å². The van der Waals surface area contributed by atoms with E-state index in [0.717, 1.165) is 52.0 Å². The number of hydrogen-bond acceptors (Lipinski definition) is 5. The van der Waals surface area contributed by atoms with E-state index in [2.05, 4.69) is 11.9 Å².